The lowest BCUT2D eigenvalue weighted by Gasteiger charge is -2.44. The minimum Gasteiger partial charge on any atom is -0.633 e. The summed E-state index contributed by atoms with van der Waals surface area (Å²) < 4.78 is -0.161. The van der Waals surface area contributed by atoms with Crippen LogP contribution in [0, 0.1) is 11.1 Å². The van der Waals surface area contributed by atoms with E-state index in [1.54, 1.807) is 7.05 Å². The van der Waals surface area contributed by atoms with Gasteiger partial charge < -0.3 is 15.0 Å². The molecule has 2 atom stereocenters. The summed E-state index contributed by atoms with van der Waals surface area (Å²) >= 11 is 0. The highest BCUT2D eigenvalue weighted by Crippen LogP contribution is 2.19. The molecule has 0 aromatic heterocycles. The van der Waals surface area contributed by atoms with E-state index in [4.69, 9.17) is 5.11 Å². The van der Waals surface area contributed by atoms with Crippen LogP contribution in [0.2, 0.25) is 0 Å². The molecule has 1 rings (SSSR count). The van der Waals surface area contributed by atoms with Gasteiger partial charge in [-0.2, -0.15) is 0 Å². The van der Waals surface area contributed by atoms with Gasteiger partial charge in [0.1, 0.15) is 0 Å². The molecule has 1 aliphatic heterocycles. The van der Waals surface area contributed by atoms with Crippen LogP contribution in [0.1, 0.15) is 12.8 Å². The first-order valence-electron chi connectivity index (χ1n) is 3.80. The molecule has 0 saturated carbocycles. The Bertz CT molecular complexity index is 114. The van der Waals surface area contributed by atoms with Crippen LogP contribution in [0.4, 0.5) is 0 Å². The van der Waals surface area contributed by atoms with E-state index in [9.17, 15) is 5.21 Å². The summed E-state index contributed by atoms with van der Waals surface area (Å²) in [5, 5.41) is 20.1. The summed E-state index contributed by atoms with van der Waals surface area (Å²) in [7, 11) is 1.68. The van der Waals surface area contributed by atoms with E-state index in [1.165, 1.54) is 0 Å². The first kappa shape index (κ1) is 7.98. The number of hydrogen-bond donors (Lipinski definition) is 1. The molecule has 1 fully saturated rings. The molecule has 60 valence electrons. The normalized spacial score (nSPS) is 41.7. The zero-order valence-electron chi connectivity index (χ0n) is 6.42. The molecule has 1 N–H and O–H groups in total. The number of quaternary nitrogens is 1. The molecule has 2 unspecified atom stereocenters. The fraction of sp³-hybridized carbons (Fsp3) is 1.00. The number of nitrogens with zero attached hydrogens (tertiary/aromatic N) is 1. The van der Waals surface area contributed by atoms with E-state index < -0.39 is 0 Å². The number of rotatable bonds is 1. The molecule has 0 radical (unpaired) electrons. The van der Waals surface area contributed by atoms with Crippen molar-refractivity contribution in [1.82, 2.24) is 0 Å². The summed E-state index contributed by atoms with van der Waals surface area (Å²) in [6, 6.07) is 0. The fourth-order valence-electron chi connectivity index (χ4n) is 1.59. The standard InChI is InChI=1S/C7H15NO2/c1-8(10)4-2-3-7(5-8)6-9/h7,9H,2-6H2,1H3. The van der Waals surface area contributed by atoms with Gasteiger partial charge in [-0.1, -0.05) is 0 Å². The monoisotopic (exact) mass is 145 g/mol. The Morgan fingerprint density at radius 3 is 2.80 bits per heavy atom. The summed E-state index contributed by atoms with van der Waals surface area (Å²) in [5.41, 5.74) is 0. The average Bonchev–Trinajstić information content (AvgIpc) is 1.86. The van der Waals surface area contributed by atoms with Gasteiger partial charge in [-0.25, -0.2) is 0 Å². The van der Waals surface area contributed by atoms with Crippen LogP contribution >= 0.6 is 0 Å². The Labute approximate surface area is 61.4 Å². The van der Waals surface area contributed by atoms with Crippen LogP contribution in [0.3, 0.4) is 0 Å². The highest BCUT2D eigenvalue weighted by Gasteiger charge is 2.23. The van der Waals surface area contributed by atoms with Crippen LogP contribution in [0.5, 0.6) is 0 Å². The van der Waals surface area contributed by atoms with Gasteiger partial charge in [0.25, 0.3) is 0 Å². The van der Waals surface area contributed by atoms with E-state index in [2.05, 4.69) is 0 Å². The second kappa shape index (κ2) is 2.86. The van der Waals surface area contributed by atoms with Crippen LogP contribution in [0.15, 0.2) is 0 Å². The zero-order valence-corrected chi connectivity index (χ0v) is 6.42. The number of likely N-dealkylation sites (tertiary alicyclic amines) is 1. The lowest BCUT2D eigenvalue weighted by molar-refractivity contribution is -0.869. The molecule has 0 amide bonds. The molecule has 0 aliphatic carbocycles. The molecule has 3 nitrogen and oxygen atoms in total. The molecule has 1 saturated heterocycles. The molecule has 1 heterocycles. The molecule has 0 aromatic carbocycles. The number of piperidine rings is 1. The molecule has 0 bridgehead atoms. The number of aliphatic hydroxyl groups excluding tert-OH is 1. The van der Waals surface area contributed by atoms with Crippen molar-refractivity contribution in [1.29, 1.82) is 0 Å². The maximum atomic E-state index is 11.3. The number of aliphatic hydroxyl groups is 1. The Morgan fingerprint density at radius 1 is 1.70 bits per heavy atom. The van der Waals surface area contributed by atoms with Gasteiger partial charge >= 0.3 is 0 Å². The van der Waals surface area contributed by atoms with Crippen LogP contribution in [-0.2, 0) is 0 Å². The van der Waals surface area contributed by atoms with Crippen molar-refractivity contribution >= 4 is 0 Å². The molecule has 0 aromatic rings. The number of hydrogen-bond acceptors (Lipinski definition) is 2. The van der Waals surface area contributed by atoms with Gasteiger partial charge in [0, 0.05) is 5.92 Å². The van der Waals surface area contributed by atoms with Gasteiger partial charge in [0.15, 0.2) is 0 Å². The highest BCUT2D eigenvalue weighted by atomic mass is 16.5. The number of hydroxylamine groups is 3. The lowest BCUT2D eigenvalue weighted by atomic mass is 9.99. The predicted molar refractivity (Wildman–Crippen MR) is 39.1 cm³/mol. The second-order valence-electron chi connectivity index (χ2n) is 3.39. The van der Waals surface area contributed by atoms with Crippen LogP contribution in [0.25, 0.3) is 0 Å². The van der Waals surface area contributed by atoms with E-state index in [-0.39, 0.29) is 17.2 Å². The Hall–Kier alpha value is -0.120. The van der Waals surface area contributed by atoms with Gasteiger partial charge in [-0.15, -0.1) is 0 Å². The van der Waals surface area contributed by atoms with Crippen molar-refractivity contribution in [3.63, 3.8) is 0 Å². The molecule has 10 heavy (non-hydrogen) atoms. The third-order valence-electron chi connectivity index (χ3n) is 2.15. The first-order chi connectivity index (χ1) is 4.64. The van der Waals surface area contributed by atoms with Crippen molar-refractivity contribution in [2.75, 3.05) is 26.7 Å². The largest absolute Gasteiger partial charge is 0.633 e. The Morgan fingerprint density at radius 2 is 2.40 bits per heavy atom. The van der Waals surface area contributed by atoms with Gasteiger partial charge in [0.05, 0.1) is 26.7 Å². The maximum absolute atomic E-state index is 11.3. The summed E-state index contributed by atoms with van der Waals surface area (Å²) in [5.74, 6) is 0.247. The minimum absolute atomic E-state index is 0.161. The van der Waals surface area contributed by atoms with Crippen molar-refractivity contribution < 1.29 is 9.75 Å². The molecular formula is C7H15NO2. The van der Waals surface area contributed by atoms with Crippen molar-refractivity contribution in [2.24, 2.45) is 5.92 Å². The van der Waals surface area contributed by atoms with Gasteiger partial charge in [-0.05, 0) is 12.8 Å². The van der Waals surface area contributed by atoms with Crippen molar-refractivity contribution in [3.8, 4) is 0 Å². The predicted octanol–water partition coefficient (Wildman–Crippen LogP) is 0.333. The van der Waals surface area contributed by atoms with Crippen molar-refractivity contribution in [2.45, 2.75) is 12.8 Å². The topological polar surface area (TPSA) is 43.3 Å². The van der Waals surface area contributed by atoms with E-state index in [0.717, 1.165) is 19.4 Å². The third-order valence-corrected chi connectivity index (χ3v) is 2.15. The smallest absolute Gasteiger partial charge is 0.0832 e. The summed E-state index contributed by atoms with van der Waals surface area (Å²) in [6.07, 6.45) is 1.98. The van der Waals surface area contributed by atoms with Crippen LogP contribution < -0.4 is 0 Å². The quantitative estimate of drug-likeness (QED) is 0.427. The van der Waals surface area contributed by atoms with E-state index >= 15 is 0 Å². The maximum Gasteiger partial charge on any atom is 0.0832 e. The Balaban J connectivity index is 2.40. The SMILES string of the molecule is C[N+]1([O-])CCCC(CO)C1. The van der Waals surface area contributed by atoms with E-state index in [1.807, 2.05) is 0 Å². The minimum atomic E-state index is -0.161. The van der Waals surface area contributed by atoms with Crippen LogP contribution in [-0.4, -0.2) is 36.5 Å². The zero-order chi connectivity index (χ0) is 7.61. The molecule has 3 heteroatoms. The third kappa shape index (κ3) is 1.94. The molecular weight excluding hydrogens is 130 g/mol. The summed E-state index contributed by atoms with van der Waals surface area (Å²) in [6.45, 7) is 1.49. The van der Waals surface area contributed by atoms with Gasteiger partial charge in [-0.3, -0.25) is 0 Å². The second-order valence-corrected chi connectivity index (χ2v) is 3.39. The highest BCUT2D eigenvalue weighted by molar-refractivity contribution is 4.62. The fourth-order valence-corrected chi connectivity index (χ4v) is 1.59. The molecule has 0 spiro atoms. The Kier molecular flexibility index (Phi) is 2.28. The van der Waals surface area contributed by atoms with Crippen molar-refractivity contribution in [3.05, 3.63) is 5.21 Å². The first-order valence-corrected chi connectivity index (χ1v) is 3.80. The van der Waals surface area contributed by atoms with E-state index in [0.29, 0.717) is 6.54 Å². The summed E-state index contributed by atoms with van der Waals surface area (Å²) in [4.78, 5) is 0. The average molecular weight is 145 g/mol. The molecule has 1 aliphatic rings. The van der Waals surface area contributed by atoms with Gasteiger partial charge in [0.2, 0.25) is 0 Å². The lowest BCUT2D eigenvalue weighted by Crippen LogP contribution is -2.46.